The number of aromatic nitrogens is 1. The average Bonchev–Trinajstić information content (AvgIpc) is 3.34. The summed E-state index contributed by atoms with van der Waals surface area (Å²) >= 11 is 1.16. The first-order valence-corrected chi connectivity index (χ1v) is 12.6. The number of benzene rings is 3. The number of halogens is 3. The maximum absolute atomic E-state index is 13.5. The SMILES string of the molecule is N=C(NCCC[C@H](NC(=O)c1ccccc1C(F)(F)F)C(=O)c1nc2ccccc2s1)Nc1ccccc1. The lowest BCUT2D eigenvalue weighted by Crippen LogP contribution is -2.42. The van der Waals surface area contributed by atoms with E-state index in [0.29, 0.717) is 11.9 Å². The molecule has 1 atom stereocenters. The molecule has 11 heteroatoms. The second-order valence-electron chi connectivity index (χ2n) is 8.36. The van der Waals surface area contributed by atoms with Crippen molar-refractivity contribution in [3.05, 3.63) is 95.0 Å². The monoisotopic (exact) mass is 539 g/mol. The zero-order valence-electron chi connectivity index (χ0n) is 20.0. The Morgan fingerprint density at radius 2 is 1.63 bits per heavy atom. The first kappa shape index (κ1) is 26.8. The molecule has 0 aliphatic rings. The lowest BCUT2D eigenvalue weighted by molar-refractivity contribution is -0.137. The molecule has 0 saturated carbocycles. The van der Waals surface area contributed by atoms with Gasteiger partial charge in [0.1, 0.15) is 0 Å². The molecule has 0 aliphatic carbocycles. The van der Waals surface area contributed by atoms with Crippen LogP contribution in [0.25, 0.3) is 10.2 Å². The largest absolute Gasteiger partial charge is 0.417 e. The van der Waals surface area contributed by atoms with Gasteiger partial charge in [-0.05, 0) is 49.2 Å². The van der Waals surface area contributed by atoms with Crippen molar-refractivity contribution in [1.82, 2.24) is 15.6 Å². The van der Waals surface area contributed by atoms with E-state index in [9.17, 15) is 22.8 Å². The van der Waals surface area contributed by atoms with Crippen LogP contribution in [-0.2, 0) is 6.18 Å². The van der Waals surface area contributed by atoms with Crippen molar-refractivity contribution in [2.24, 2.45) is 0 Å². The Balaban J connectivity index is 1.47. The molecule has 0 fully saturated rings. The van der Waals surface area contributed by atoms with Gasteiger partial charge in [-0.1, -0.05) is 42.5 Å². The predicted octanol–water partition coefficient (Wildman–Crippen LogP) is 5.71. The molecule has 4 rings (SSSR count). The Kier molecular flexibility index (Phi) is 8.37. The van der Waals surface area contributed by atoms with Crippen molar-refractivity contribution >= 4 is 44.9 Å². The minimum absolute atomic E-state index is 0.0494. The molecule has 0 saturated heterocycles. The lowest BCUT2D eigenvalue weighted by Gasteiger charge is -2.19. The zero-order valence-corrected chi connectivity index (χ0v) is 20.8. The van der Waals surface area contributed by atoms with Gasteiger partial charge in [0, 0.05) is 12.2 Å². The Morgan fingerprint density at radius 1 is 0.947 bits per heavy atom. The third-order valence-corrected chi connectivity index (χ3v) is 6.67. The number of carbonyl (C=O) groups is 2. The van der Waals surface area contributed by atoms with Crippen molar-refractivity contribution in [2.45, 2.75) is 25.1 Å². The highest BCUT2D eigenvalue weighted by molar-refractivity contribution is 7.20. The normalized spacial score (nSPS) is 12.1. The molecule has 7 nitrogen and oxygen atoms in total. The minimum Gasteiger partial charge on any atom is -0.356 e. The standard InChI is InChI=1S/C27H24F3N5O2S/c28-27(29,30)19-12-5-4-11-18(19)24(37)34-21(23(36)25-35-20-13-6-7-15-22(20)38-25)14-8-16-32-26(31)33-17-9-2-1-3-10-17/h1-7,9-13,15,21H,8,14,16H2,(H,34,37)(H3,31,32,33)/t21-/m0/s1. The van der Waals surface area contributed by atoms with E-state index in [4.69, 9.17) is 5.41 Å². The number of hydrogen-bond donors (Lipinski definition) is 4. The van der Waals surface area contributed by atoms with Gasteiger partial charge in [0.25, 0.3) is 5.91 Å². The van der Waals surface area contributed by atoms with Crippen LogP contribution in [0.5, 0.6) is 0 Å². The van der Waals surface area contributed by atoms with E-state index in [1.165, 1.54) is 12.1 Å². The van der Waals surface area contributed by atoms with E-state index in [0.717, 1.165) is 33.9 Å². The van der Waals surface area contributed by atoms with Gasteiger partial charge < -0.3 is 16.0 Å². The van der Waals surface area contributed by atoms with Crippen LogP contribution in [0.3, 0.4) is 0 Å². The molecule has 1 aromatic heterocycles. The van der Waals surface area contributed by atoms with Crippen LogP contribution >= 0.6 is 11.3 Å². The summed E-state index contributed by atoms with van der Waals surface area (Å²) in [4.78, 5) is 30.7. The number of ketones is 1. The first-order valence-electron chi connectivity index (χ1n) is 11.7. The second-order valence-corrected chi connectivity index (χ2v) is 9.39. The molecule has 196 valence electrons. The molecule has 0 unspecified atom stereocenters. The van der Waals surface area contributed by atoms with Crippen LogP contribution in [0, 0.1) is 5.41 Å². The second kappa shape index (κ2) is 11.9. The third kappa shape index (κ3) is 6.74. The number of hydrogen-bond acceptors (Lipinski definition) is 5. The van der Waals surface area contributed by atoms with Crippen LogP contribution in [-0.4, -0.2) is 35.2 Å². The Labute approximate surface area is 220 Å². The van der Waals surface area contributed by atoms with Gasteiger partial charge in [-0.15, -0.1) is 11.3 Å². The number of anilines is 1. The van der Waals surface area contributed by atoms with Crippen molar-refractivity contribution in [2.75, 3.05) is 11.9 Å². The zero-order chi connectivity index (χ0) is 27.1. The number of alkyl halides is 3. The van der Waals surface area contributed by atoms with Crippen molar-refractivity contribution < 1.29 is 22.8 Å². The van der Waals surface area contributed by atoms with E-state index in [1.54, 1.807) is 24.3 Å². The molecular formula is C27H24F3N5O2S. The first-order chi connectivity index (χ1) is 18.2. The molecule has 0 bridgehead atoms. The number of carbonyl (C=O) groups excluding carboxylic acids is 2. The number of para-hydroxylation sites is 2. The fourth-order valence-electron chi connectivity index (χ4n) is 3.79. The molecule has 0 radical (unpaired) electrons. The number of amides is 1. The van der Waals surface area contributed by atoms with Crippen molar-refractivity contribution in [1.29, 1.82) is 5.41 Å². The van der Waals surface area contributed by atoms with Gasteiger partial charge in [0.2, 0.25) is 5.78 Å². The highest BCUT2D eigenvalue weighted by atomic mass is 32.1. The molecule has 3 aromatic carbocycles. The number of thiazole rings is 1. The maximum Gasteiger partial charge on any atom is 0.417 e. The molecule has 0 spiro atoms. The highest BCUT2D eigenvalue weighted by Crippen LogP contribution is 2.32. The van der Waals surface area contributed by atoms with Gasteiger partial charge in [0.05, 0.1) is 27.4 Å². The highest BCUT2D eigenvalue weighted by Gasteiger charge is 2.36. The number of fused-ring (bicyclic) bond motifs is 1. The molecule has 38 heavy (non-hydrogen) atoms. The van der Waals surface area contributed by atoms with Crippen molar-refractivity contribution in [3.8, 4) is 0 Å². The molecule has 4 aromatic rings. The number of Topliss-reactive ketones (excluding diaryl/α,β-unsaturated/α-hetero) is 1. The van der Waals surface area contributed by atoms with Gasteiger partial charge >= 0.3 is 6.18 Å². The fraction of sp³-hybridized carbons (Fsp3) is 0.185. The van der Waals surface area contributed by atoms with Gasteiger partial charge in [-0.2, -0.15) is 13.2 Å². The van der Waals surface area contributed by atoms with Gasteiger partial charge in [0.15, 0.2) is 11.0 Å². The van der Waals surface area contributed by atoms with Crippen molar-refractivity contribution in [3.63, 3.8) is 0 Å². The molecule has 0 aliphatic heterocycles. The summed E-state index contributed by atoms with van der Waals surface area (Å²) in [7, 11) is 0. The quantitative estimate of drug-likeness (QED) is 0.0943. The Hall–Kier alpha value is -4.25. The van der Waals surface area contributed by atoms with Crippen LogP contribution in [0.1, 0.15) is 38.6 Å². The summed E-state index contributed by atoms with van der Waals surface area (Å²) < 4.78 is 41.2. The van der Waals surface area contributed by atoms with Crippen LogP contribution in [0.4, 0.5) is 18.9 Å². The molecule has 1 amide bonds. The molecule has 1 heterocycles. The van der Waals surface area contributed by atoms with Gasteiger partial charge in [-0.25, -0.2) is 4.98 Å². The summed E-state index contributed by atoms with van der Waals surface area (Å²) in [6.07, 6.45) is -4.25. The lowest BCUT2D eigenvalue weighted by atomic mass is 10.0. The van der Waals surface area contributed by atoms with Crippen LogP contribution < -0.4 is 16.0 Å². The summed E-state index contributed by atoms with van der Waals surface area (Å²) in [6.45, 7) is 0.289. The summed E-state index contributed by atoms with van der Waals surface area (Å²) in [5, 5.41) is 16.5. The summed E-state index contributed by atoms with van der Waals surface area (Å²) in [6, 6.07) is 19.6. The van der Waals surface area contributed by atoms with E-state index in [1.807, 2.05) is 30.3 Å². The Bertz CT molecular complexity index is 1410. The number of guanidine groups is 1. The molecular weight excluding hydrogens is 515 g/mol. The average molecular weight is 540 g/mol. The van der Waals surface area contributed by atoms with Gasteiger partial charge in [-0.3, -0.25) is 15.0 Å². The fourth-order valence-corrected chi connectivity index (χ4v) is 4.75. The van der Waals surface area contributed by atoms with E-state index in [2.05, 4.69) is 20.9 Å². The van der Waals surface area contributed by atoms with E-state index >= 15 is 0 Å². The molecule has 4 N–H and O–H groups in total. The summed E-state index contributed by atoms with van der Waals surface area (Å²) in [5.74, 6) is -1.43. The number of rotatable bonds is 9. The number of nitrogens with one attached hydrogen (secondary N) is 4. The number of nitrogens with zero attached hydrogens (tertiary/aromatic N) is 1. The Morgan fingerprint density at radius 3 is 2.37 bits per heavy atom. The van der Waals surface area contributed by atoms with Crippen LogP contribution in [0.2, 0.25) is 0 Å². The van der Waals surface area contributed by atoms with E-state index < -0.39 is 35.0 Å². The van der Waals surface area contributed by atoms with E-state index in [-0.39, 0.29) is 23.9 Å². The predicted molar refractivity (Wildman–Crippen MR) is 142 cm³/mol. The smallest absolute Gasteiger partial charge is 0.356 e. The third-order valence-electron chi connectivity index (χ3n) is 5.62. The maximum atomic E-state index is 13.5. The topological polar surface area (TPSA) is 107 Å². The minimum atomic E-state index is -4.73. The summed E-state index contributed by atoms with van der Waals surface area (Å²) in [5.41, 5.74) is -0.292. The van der Waals surface area contributed by atoms with Crippen LogP contribution in [0.15, 0.2) is 78.9 Å².